The van der Waals surface area contributed by atoms with Crippen molar-refractivity contribution in [2.75, 3.05) is 65.5 Å². The fraction of sp³-hybridized carbons (Fsp3) is 1.00. The van der Waals surface area contributed by atoms with Crippen LogP contribution in [0, 0.1) is 5.41 Å². The van der Waals surface area contributed by atoms with Crippen molar-refractivity contribution in [3.8, 4) is 0 Å². The van der Waals surface area contributed by atoms with Crippen LogP contribution in [0.25, 0.3) is 0 Å². The topological polar surface area (TPSA) is 19.0 Å². The molecular weight excluding hydrogens is 446 g/mol. The Hall–Kier alpha value is 0.0569. The van der Waals surface area contributed by atoms with E-state index in [1.54, 1.807) is 0 Å². The monoisotopic (exact) mass is 514 g/mol. The second kappa shape index (κ2) is 21.0. The Balaban J connectivity index is 5.96. The molecule has 0 spiro atoms. The number of hydrogen-bond donors (Lipinski definition) is 0. The van der Waals surface area contributed by atoms with Gasteiger partial charge in [-0.1, -0.05) is 41.5 Å². The van der Waals surface area contributed by atoms with Crippen LogP contribution >= 0.6 is 0 Å². The minimum absolute atomic E-state index is 0.379. The van der Waals surface area contributed by atoms with E-state index in [0.717, 1.165) is 6.61 Å². The van der Waals surface area contributed by atoms with Crippen LogP contribution in [0.2, 0.25) is 19.1 Å². The molecule has 0 bridgehead atoms. The van der Waals surface area contributed by atoms with Gasteiger partial charge in [-0.25, -0.2) is 0 Å². The third kappa shape index (κ3) is 16.5. The lowest BCUT2D eigenvalue weighted by atomic mass is 9.79. The van der Waals surface area contributed by atoms with Gasteiger partial charge in [0.05, 0.1) is 0 Å². The molecule has 0 aromatic carbocycles. The molecule has 212 valence electrons. The summed E-state index contributed by atoms with van der Waals surface area (Å²) in [7, 11) is -1.72. The Morgan fingerprint density at radius 1 is 0.486 bits per heavy atom. The molecule has 0 saturated heterocycles. The van der Waals surface area contributed by atoms with Gasteiger partial charge < -0.3 is 19.1 Å². The second-order valence-electron chi connectivity index (χ2n) is 11.6. The minimum Gasteiger partial charge on any atom is -0.418 e. The maximum absolute atomic E-state index is 6.49. The lowest BCUT2D eigenvalue weighted by Gasteiger charge is -2.43. The van der Waals surface area contributed by atoms with E-state index in [1.165, 1.54) is 123 Å². The largest absolute Gasteiger partial charge is 0.418 e. The van der Waals surface area contributed by atoms with Gasteiger partial charge in [0.25, 0.3) is 0 Å². The predicted octanol–water partition coefficient (Wildman–Crippen LogP) is 7.75. The molecule has 35 heavy (non-hydrogen) atoms. The molecule has 0 aliphatic carbocycles. The minimum atomic E-state index is -1.72. The van der Waals surface area contributed by atoms with Crippen LogP contribution in [-0.2, 0) is 4.43 Å². The van der Waals surface area contributed by atoms with Gasteiger partial charge in [-0.2, -0.15) is 0 Å². The molecule has 0 unspecified atom stereocenters. The van der Waals surface area contributed by atoms with Gasteiger partial charge >= 0.3 is 0 Å². The summed E-state index contributed by atoms with van der Waals surface area (Å²) in [4.78, 5) is 8.24. The van der Waals surface area contributed by atoms with Gasteiger partial charge in [0.1, 0.15) is 0 Å². The first-order chi connectivity index (χ1) is 16.7. The fourth-order valence-electron chi connectivity index (χ4n) is 6.07. The smallest absolute Gasteiger partial charge is 0.187 e. The molecule has 0 N–H and O–H groups in total. The van der Waals surface area contributed by atoms with Gasteiger partial charge in [0.2, 0.25) is 0 Å². The number of hydrogen-bond acceptors (Lipinski definition) is 4. The molecular formula is C30H67N3OSi. The molecule has 0 aromatic rings. The Morgan fingerprint density at radius 2 is 0.771 bits per heavy atom. The summed E-state index contributed by atoms with van der Waals surface area (Å²) in [6.07, 6.45) is 11.5. The van der Waals surface area contributed by atoms with Gasteiger partial charge in [0.15, 0.2) is 8.32 Å². The zero-order valence-electron chi connectivity index (χ0n) is 25.9. The van der Waals surface area contributed by atoms with Crippen LogP contribution in [0.5, 0.6) is 0 Å². The van der Waals surface area contributed by atoms with E-state index < -0.39 is 8.32 Å². The highest BCUT2D eigenvalue weighted by Crippen LogP contribution is 2.41. The van der Waals surface area contributed by atoms with E-state index in [4.69, 9.17) is 4.43 Å². The van der Waals surface area contributed by atoms with E-state index in [1.807, 2.05) is 0 Å². The molecule has 0 aromatic heterocycles. The Kier molecular flexibility index (Phi) is 21.1. The lowest BCUT2D eigenvalue weighted by molar-refractivity contribution is 0.129. The second-order valence-corrected chi connectivity index (χ2v) is 15.8. The van der Waals surface area contributed by atoms with Crippen LogP contribution in [0.15, 0.2) is 0 Å². The normalized spacial score (nSPS) is 13.0. The Morgan fingerprint density at radius 3 is 1.00 bits per heavy atom. The SMILES string of the molecule is CCCN(CCC)CCC(CCN(CCC)CCC)(CCN(CCC)CCC)C[Si](C)(C)OCC. The summed E-state index contributed by atoms with van der Waals surface area (Å²) in [5.74, 6) is 0. The molecule has 0 atom stereocenters. The van der Waals surface area contributed by atoms with E-state index in [2.05, 4.69) is 76.3 Å². The first kappa shape index (κ1) is 35.1. The van der Waals surface area contributed by atoms with Crippen LogP contribution in [0.4, 0.5) is 0 Å². The van der Waals surface area contributed by atoms with E-state index in [0.29, 0.717) is 5.41 Å². The van der Waals surface area contributed by atoms with Crippen molar-refractivity contribution in [2.45, 2.75) is 125 Å². The van der Waals surface area contributed by atoms with Crippen molar-refractivity contribution in [1.82, 2.24) is 14.7 Å². The van der Waals surface area contributed by atoms with Gasteiger partial charge in [0, 0.05) is 6.61 Å². The van der Waals surface area contributed by atoms with Crippen molar-refractivity contribution >= 4 is 8.32 Å². The van der Waals surface area contributed by atoms with E-state index in [-0.39, 0.29) is 0 Å². The third-order valence-corrected chi connectivity index (χ3v) is 10.1. The summed E-state index contributed by atoms with van der Waals surface area (Å²) >= 11 is 0. The van der Waals surface area contributed by atoms with Crippen LogP contribution < -0.4 is 0 Å². The number of rotatable bonds is 25. The third-order valence-electron chi connectivity index (χ3n) is 7.45. The predicted molar refractivity (Wildman–Crippen MR) is 161 cm³/mol. The van der Waals surface area contributed by atoms with Crippen LogP contribution in [-0.4, -0.2) is 88.5 Å². The first-order valence-corrected chi connectivity index (χ1v) is 18.7. The maximum Gasteiger partial charge on any atom is 0.187 e. The molecule has 0 fully saturated rings. The maximum atomic E-state index is 6.49. The molecule has 0 aliphatic heterocycles. The van der Waals surface area contributed by atoms with Gasteiger partial charge in [-0.15, -0.1) is 0 Å². The zero-order valence-corrected chi connectivity index (χ0v) is 26.9. The van der Waals surface area contributed by atoms with Crippen molar-refractivity contribution in [2.24, 2.45) is 5.41 Å². The highest BCUT2D eigenvalue weighted by molar-refractivity contribution is 6.71. The standard InChI is InChI=1S/C30H67N3OSi/c1-10-20-31(21-11-2)26-17-30(29-35(8,9)34-16-7,18-27-32(22-12-3)23-13-4)19-28-33(24-14-5)25-15-6/h10-29H2,1-9H3. The summed E-state index contributed by atoms with van der Waals surface area (Å²) in [6.45, 7) is 33.2. The average Bonchev–Trinajstić information content (AvgIpc) is 2.80. The summed E-state index contributed by atoms with van der Waals surface area (Å²) in [6, 6.07) is 1.30. The highest BCUT2D eigenvalue weighted by Gasteiger charge is 2.39. The molecule has 0 aliphatic rings. The van der Waals surface area contributed by atoms with E-state index >= 15 is 0 Å². The summed E-state index contributed by atoms with van der Waals surface area (Å²) in [5.41, 5.74) is 0.379. The van der Waals surface area contributed by atoms with Crippen LogP contribution in [0.1, 0.15) is 106 Å². The molecule has 0 rings (SSSR count). The fourth-order valence-corrected chi connectivity index (χ4v) is 9.29. The number of nitrogens with zero attached hydrogens (tertiary/aromatic N) is 3. The lowest BCUT2D eigenvalue weighted by Crippen LogP contribution is -2.44. The molecule has 0 amide bonds. The Labute approximate surface area is 223 Å². The van der Waals surface area contributed by atoms with Crippen molar-refractivity contribution in [1.29, 1.82) is 0 Å². The summed E-state index contributed by atoms with van der Waals surface area (Å²) < 4.78 is 6.49. The zero-order chi connectivity index (χ0) is 26.6. The molecule has 0 saturated carbocycles. The van der Waals surface area contributed by atoms with Gasteiger partial charge in [-0.05, 0) is 148 Å². The van der Waals surface area contributed by atoms with Crippen molar-refractivity contribution in [3.63, 3.8) is 0 Å². The van der Waals surface area contributed by atoms with Crippen molar-refractivity contribution in [3.05, 3.63) is 0 Å². The Bertz CT molecular complexity index is 406. The molecule has 4 nitrogen and oxygen atoms in total. The van der Waals surface area contributed by atoms with Crippen molar-refractivity contribution < 1.29 is 4.43 Å². The molecule has 0 heterocycles. The van der Waals surface area contributed by atoms with Crippen LogP contribution in [0.3, 0.4) is 0 Å². The first-order valence-electron chi connectivity index (χ1n) is 15.6. The summed E-state index contributed by atoms with van der Waals surface area (Å²) in [5, 5.41) is 0. The van der Waals surface area contributed by atoms with Gasteiger partial charge in [-0.3, -0.25) is 0 Å². The average molecular weight is 514 g/mol. The highest BCUT2D eigenvalue weighted by atomic mass is 28.4. The molecule has 5 heteroatoms. The molecule has 0 radical (unpaired) electrons. The van der Waals surface area contributed by atoms with E-state index in [9.17, 15) is 0 Å². The quantitative estimate of drug-likeness (QED) is 0.116.